The first kappa shape index (κ1) is 30.7. The standard InChI is InChI=1S/C31H39N3O5S/c1-7-39-27-18-16-26(17-19-27)34(40(37,38)28-14-9-8-10-15-28)22-29(35)33(21-25-13-11-12-23(2)20-25)24(3)30(36)32-31(4,5)6/h8-20,24H,7,21-22H2,1-6H3,(H,32,36)/t24-/m1/s1. The SMILES string of the molecule is CCOc1ccc(N(CC(=O)N(Cc2cccc(C)c2)[C@H](C)C(=O)NC(C)(C)C)S(=O)(=O)c2ccccc2)cc1. The van der Waals surface area contributed by atoms with Crippen LogP contribution in [0.3, 0.4) is 0 Å². The summed E-state index contributed by atoms with van der Waals surface area (Å²) in [6.07, 6.45) is 0. The predicted molar refractivity (Wildman–Crippen MR) is 158 cm³/mol. The van der Waals surface area contributed by atoms with Gasteiger partial charge in [0.15, 0.2) is 0 Å². The van der Waals surface area contributed by atoms with Crippen molar-refractivity contribution in [2.24, 2.45) is 0 Å². The van der Waals surface area contributed by atoms with E-state index in [2.05, 4.69) is 5.32 Å². The van der Waals surface area contributed by atoms with Crippen molar-refractivity contribution in [3.63, 3.8) is 0 Å². The third-order valence-corrected chi connectivity index (χ3v) is 7.93. The van der Waals surface area contributed by atoms with E-state index in [-0.39, 0.29) is 17.3 Å². The van der Waals surface area contributed by atoms with Gasteiger partial charge < -0.3 is 15.0 Å². The van der Waals surface area contributed by atoms with Crippen LogP contribution in [0.15, 0.2) is 83.8 Å². The first-order valence-electron chi connectivity index (χ1n) is 13.3. The highest BCUT2D eigenvalue weighted by atomic mass is 32.2. The van der Waals surface area contributed by atoms with Crippen molar-refractivity contribution >= 4 is 27.5 Å². The molecule has 3 aromatic rings. The van der Waals surface area contributed by atoms with E-state index in [1.54, 1.807) is 49.4 Å². The van der Waals surface area contributed by atoms with Crippen LogP contribution in [0.5, 0.6) is 5.75 Å². The third kappa shape index (κ3) is 8.08. The molecule has 0 fully saturated rings. The predicted octanol–water partition coefficient (Wildman–Crippen LogP) is 4.92. The van der Waals surface area contributed by atoms with Crippen LogP contribution in [0, 0.1) is 6.92 Å². The monoisotopic (exact) mass is 565 g/mol. The zero-order chi connectivity index (χ0) is 29.5. The second kappa shape index (κ2) is 13.0. The Morgan fingerprint density at radius 3 is 2.17 bits per heavy atom. The van der Waals surface area contributed by atoms with Crippen LogP contribution in [0.1, 0.15) is 45.7 Å². The highest BCUT2D eigenvalue weighted by molar-refractivity contribution is 7.92. The molecule has 0 heterocycles. The third-order valence-electron chi connectivity index (χ3n) is 6.15. The highest BCUT2D eigenvalue weighted by Gasteiger charge is 2.33. The van der Waals surface area contributed by atoms with Gasteiger partial charge in [-0.25, -0.2) is 8.42 Å². The average Bonchev–Trinajstić information content (AvgIpc) is 2.90. The van der Waals surface area contributed by atoms with Gasteiger partial charge in [0, 0.05) is 12.1 Å². The molecule has 0 spiro atoms. The summed E-state index contributed by atoms with van der Waals surface area (Å²) in [5.41, 5.74) is 1.65. The van der Waals surface area contributed by atoms with Gasteiger partial charge in [0.25, 0.3) is 10.0 Å². The van der Waals surface area contributed by atoms with Crippen molar-refractivity contribution in [2.75, 3.05) is 17.5 Å². The van der Waals surface area contributed by atoms with Crippen LogP contribution in [0.4, 0.5) is 5.69 Å². The molecule has 0 bridgehead atoms. The molecule has 8 nitrogen and oxygen atoms in total. The zero-order valence-corrected chi connectivity index (χ0v) is 24.9. The molecule has 9 heteroatoms. The van der Waals surface area contributed by atoms with Crippen LogP contribution < -0.4 is 14.4 Å². The number of hydrogen-bond donors (Lipinski definition) is 1. The number of carbonyl (C=O) groups is 2. The second-order valence-electron chi connectivity index (χ2n) is 10.7. The lowest BCUT2D eigenvalue weighted by Gasteiger charge is -2.33. The second-order valence-corrected chi connectivity index (χ2v) is 12.5. The van der Waals surface area contributed by atoms with Gasteiger partial charge in [-0.1, -0.05) is 48.0 Å². The summed E-state index contributed by atoms with van der Waals surface area (Å²) in [7, 11) is -4.12. The van der Waals surface area contributed by atoms with Crippen LogP contribution in [0.25, 0.3) is 0 Å². The van der Waals surface area contributed by atoms with Crippen molar-refractivity contribution in [2.45, 2.75) is 64.6 Å². The van der Waals surface area contributed by atoms with Gasteiger partial charge in [0.05, 0.1) is 17.2 Å². The number of carbonyl (C=O) groups excluding carboxylic acids is 2. The minimum absolute atomic E-state index is 0.0560. The number of amides is 2. The highest BCUT2D eigenvalue weighted by Crippen LogP contribution is 2.26. The van der Waals surface area contributed by atoms with E-state index in [9.17, 15) is 18.0 Å². The van der Waals surface area contributed by atoms with E-state index >= 15 is 0 Å². The smallest absolute Gasteiger partial charge is 0.264 e. The van der Waals surface area contributed by atoms with Crippen LogP contribution >= 0.6 is 0 Å². The molecule has 2 amide bonds. The van der Waals surface area contributed by atoms with Gasteiger partial charge in [-0.15, -0.1) is 0 Å². The fourth-order valence-corrected chi connectivity index (χ4v) is 5.62. The molecule has 0 aromatic heterocycles. The van der Waals surface area contributed by atoms with Gasteiger partial charge >= 0.3 is 0 Å². The summed E-state index contributed by atoms with van der Waals surface area (Å²) in [5.74, 6) is -0.248. The fourth-order valence-electron chi connectivity index (χ4n) is 4.19. The first-order valence-corrected chi connectivity index (χ1v) is 14.7. The topological polar surface area (TPSA) is 96.0 Å². The number of benzene rings is 3. The fraction of sp³-hybridized carbons (Fsp3) is 0.355. The maximum absolute atomic E-state index is 14.0. The number of nitrogens with one attached hydrogen (secondary N) is 1. The van der Waals surface area contributed by atoms with E-state index in [1.165, 1.54) is 17.0 Å². The van der Waals surface area contributed by atoms with Crippen molar-refractivity contribution < 1.29 is 22.7 Å². The molecule has 0 radical (unpaired) electrons. The van der Waals surface area contributed by atoms with Gasteiger partial charge in [0.1, 0.15) is 18.3 Å². The quantitative estimate of drug-likeness (QED) is 0.356. The number of hydrogen-bond acceptors (Lipinski definition) is 5. The number of ether oxygens (including phenoxy) is 1. The summed E-state index contributed by atoms with van der Waals surface area (Å²) in [4.78, 5) is 28.7. The molecule has 1 atom stereocenters. The van der Waals surface area contributed by atoms with Crippen LogP contribution in [0.2, 0.25) is 0 Å². The molecule has 3 rings (SSSR count). The van der Waals surface area contributed by atoms with E-state index in [1.807, 2.05) is 58.9 Å². The van der Waals surface area contributed by atoms with E-state index in [0.717, 1.165) is 15.4 Å². The molecule has 0 saturated heterocycles. The summed E-state index contributed by atoms with van der Waals surface area (Å²) < 4.78 is 34.3. The van der Waals surface area contributed by atoms with E-state index in [0.29, 0.717) is 18.0 Å². The molecule has 40 heavy (non-hydrogen) atoms. The molecule has 0 saturated carbocycles. The molecule has 3 aromatic carbocycles. The maximum Gasteiger partial charge on any atom is 0.264 e. The van der Waals surface area contributed by atoms with Gasteiger partial charge in [-0.3, -0.25) is 13.9 Å². The normalized spacial score (nSPS) is 12.3. The lowest BCUT2D eigenvalue weighted by atomic mass is 10.1. The zero-order valence-electron chi connectivity index (χ0n) is 24.0. The molecule has 1 N–H and O–H groups in total. The van der Waals surface area contributed by atoms with E-state index < -0.39 is 34.1 Å². The summed E-state index contributed by atoms with van der Waals surface area (Å²) in [6.45, 7) is 11.2. The van der Waals surface area contributed by atoms with Crippen molar-refractivity contribution in [3.8, 4) is 5.75 Å². The Morgan fingerprint density at radius 1 is 0.950 bits per heavy atom. The Morgan fingerprint density at radius 2 is 1.60 bits per heavy atom. The molecule has 214 valence electrons. The summed E-state index contributed by atoms with van der Waals surface area (Å²) in [5, 5.41) is 2.93. The van der Waals surface area contributed by atoms with Gasteiger partial charge in [-0.05, 0) is 83.5 Å². The van der Waals surface area contributed by atoms with Crippen molar-refractivity contribution in [3.05, 3.63) is 90.0 Å². The molecule has 0 aliphatic rings. The Kier molecular flexibility index (Phi) is 9.98. The first-order chi connectivity index (χ1) is 18.8. The largest absolute Gasteiger partial charge is 0.494 e. The number of anilines is 1. The molecule has 0 aliphatic heterocycles. The van der Waals surface area contributed by atoms with E-state index in [4.69, 9.17) is 4.74 Å². The van der Waals surface area contributed by atoms with Crippen molar-refractivity contribution in [1.82, 2.24) is 10.2 Å². The molecule has 0 unspecified atom stereocenters. The Bertz CT molecular complexity index is 1400. The number of sulfonamides is 1. The van der Waals surface area contributed by atoms with Crippen molar-refractivity contribution in [1.29, 1.82) is 0 Å². The lowest BCUT2D eigenvalue weighted by Crippen LogP contribution is -2.54. The summed E-state index contributed by atoms with van der Waals surface area (Å²) in [6, 6.07) is 21.3. The minimum atomic E-state index is -4.12. The Hall–Kier alpha value is -3.85. The van der Waals surface area contributed by atoms with Gasteiger partial charge in [0.2, 0.25) is 11.8 Å². The van der Waals surface area contributed by atoms with Gasteiger partial charge in [-0.2, -0.15) is 0 Å². The molecular weight excluding hydrogens is 526 g/mol. The Labute approximate surface area is 238 Å². The number of aryl methyl sites for hydroxylation is 1. The number of nitrogens with zero attached hydrogens (tertiary/aromatic N) is 2. The number of rotatable bonds is 11. The van der Waals surface area contributed by atoms with Crippen LogP contribution in [-0.2, 0) is 26.2 Å². The van der Waals surface area contributed by atoms with Crippen LogP contribution in [-0.4, -0.2) is 49.9 Å². The summed E-state index contributed by atoms with van der Waals surface area (Å²) >= 11 is 0. The minimum Gasteiger partial charge on any atom is -0.494 e. The Balaban J connectivity index is 2.03. The molecule has 0 aliphatic carbocycles. The maximum atomic E-state index is 14.0. The lowest BCUT2D eigenvalue weighted by molar-refractivity contribution is -0.140. The average molecular weight is 566 g/mol. The molecular formula is C31H39N3O5S.